The van der Waals surface area contributed by atoms with Crippen LogP contribution in [0.4, 0.5) is 0 Å². The van der Waals surface area contributed by atoms with Crippen LogP contribution in [0.2, 0.25) is 19.6 Å². The van der Waals surface area contributed by atoms with Gasteiger partial charge in [0.15, 0.2) is 0 Å². The van der Waals surface area contributed by atoms with Crippen molar-refractivity contribution in [2.75, 3.05) is 0 Å². The first kappa shape index (κ1) is 51.1. The highest BCUT2D eigenvalue weighted by atomic mass is 28.3. The van der Waals surface area contributed by atoms with E-state index < -0.39 is 8.07 Å². The predicted octanol–water partition coefficient (Wildman–Crippen LogP) is 18.2. The highest BCUT2D eigenvalue weighted by Gasteiger charge is 2.30. The standard InChI is InChI=1S/C68H75N3OSi/c1-43-35-53(73(14,15)16)30-31-54(43)46-27-25-44(26-28-46)47-33-34-69-59(39-47)49-36-48(37-51(38-49)66(5,6)7)55-23-20-24-61-62(55)70-64(57-41-52(67(8,9)10)42-58(63(57)72)68(11,12)13)71(61)60-32-29-50(65(2,3)4)40-56(60)45-21-18-17-19-22-45/h17-42,72H,1-16H3. The number of para-hydroxylation sites is 1. The fourth-order valence-corrected chi connectivity index (χ4v) is 11.3. The molecule has 9 rings (SSSR count). The molecule has 0 amide bonds. The van der Waals surface area contributed by atoms with E-state index in [-0.39, 0.29) is 27.4 Å². The van der Waals surface area contributed by atoms with Gasteiger partial charge in [0.05, 0.1) is 36.1 Å². The van der Waals surface area contributed by atoms with E-state index in [4.69, 9.17) is 9.97 Å². The molecule has 2 aromatic heterocycles. The van der Waals surface area contributed by atoms with E-state index in [9.17, 15) is 5.11 Å². The molecular formula is C68H75N3OSi. The number of fused-ring (bicyclic) bond motifs is 1. The summed E-state index contributed by atoms with van der Waals surface area (Å²) < 4.78 is 2.30. The number of nitrogens with zero attached hydrogens (tertiary/aromatic N) is 3. The molecule has 4 nitrogen and oxygen atoms in total. The van der Waals surface area contributed by atoms with Crippen molar-refractivity contribution in [1.82, 2.24) is 14.5 Å². The van der Waals surface area contributed by atoms with Crippen molar-refractivity contribution in [3.05, 3.63) is 186 Å². The molecule has 0 saturated carbocycles. The zero-order chi connectivity index (χ0) is 52.6. The lowest BCUT2D eigenvalue weighted by Crippen LogP contribution is -2.37. The van der Waals surface area contributed by atoms with Crippen LogP contribution in [0.3, 0.4) is 0 Å². The number of hydrogen-bond acceptors (Lipinski definition) is 3. The molecule has 0 atom stereocenters. The molecule has 0 aliphatic carbocycles. The summed E-state index contributed by atoms with van der Waals surface area (Å²) >= 11 is 0. The number of phenols is 1. The highest BCUT2D eigenvalue weighted by molar-refractivity contribution is 6.88. The van der Waals surface area contributed by atoms with E-state index in [1.54, 1.807) is 0 Å². The monoisotopic (exact) mass is 978 g/mol. The van der Waals surface area contributed by atoms with Gasteiger partial charge in [-0.05, 0) is 133 Å². The van der Waals surface area contributed by atoms with Crippen molar-refractivity contribution in [3.8, 4) is 78.6 Å². The predicted molar refractivity (Wildman–Crippen MR) is 316 cm³/mol. The lowest BCUT2D eigenvalue weighted by atomic mass is 9.79. The Morgan fingerprint density at radius 2 is 1.07 bits per heavy atom. The fourth-order valence-electron chi connectivity index (χ4n) is 10.0. The van der Waals surface area contributed by atoms with Crippen LogP contribution in [0.15, 0.2) is 158 Å². The fraction of sp³-hybridized carbons (Fsp3) is 0.294. The zero-order valence-electron chi connectivity index (χ0n) is 46.3. The van der Waals surface area contributed by atoms with Crippen molar-refractivity contribution in [3.63, 3.8) is 0 Å². The molecule has 0 bridgehead atoms. The van der Waals surface area contributed by atoms with Crippen LogP contribution in [0.1, 0.15) is 111 Å². The second-order valence-electron chi connectivity index (χ2n) is 25.5. The number of imidazole rings is 1. The van der Waals surface area contributed by atoms with Crippen molar-refractivity contribution in [2.45, 2.75) is 131 Å². The Bertz CT molecular complexity index is 3530. The summed E-state index contributed by atoms with van der Waals surface area (Å²) in [5.41, 5.74) is 19.6. The summed E-state index contributed by atoms with van der Waals surface area (Å²) in [6.45, 7) is 36.3. The first-order chi connectivity index (χ1) is 34.2. The number of benzene rings is 7. The maximum atomic E-state index is 12.6. The summed E-state index contributed by atoms with van der Waals surface area (Å²) in [5, 5.41) is 14.1. The number of hydrogen-bond donors (Lipinski definition) is 1. The smallest absolute Gasteiger partial charge is 0.149 e. The summed E-state index contributed by atoms with van der Waals surface area (Å²) in [6, 6.07) is 55.7. The third-order valence-electron chi connectivity index (χ3n) is 14.7. The minimum absolute atomic E-state index is 0.0791. The molecule has 2 heterocycles. The van der Waals surface area contributed by atoms with Crippen molar-refractivity contribution >= 4 is 24.3 Å². The molecule has 0 aliphatic heterocycles. The Hall–Kier alpha value is -6.82. The zero-order valence-corrected chi connectivity index (χ0v) is 47.3. The maximum Gasteiger partial charge on any atom is 0.149 e. The van der Waals surface area contributed by atoms with Crippen molar-refractivity contribution in [1.29, 1.82) is 0 Å². The average molecular weight is 978 g/mol. The van der Waals surface area contributed by atoms with Gasteiger partial charge in [0, 0.05) is 28.5 Å². The van der Waals surface area contributed by atoms with Gasteiger partial charge in [0.25, 0.3) is 0 Å². The van der Waals surface area contributed by atoms with Gasteiger partial charge in [0.1, 0.15) is 11.6 Å². The van der Waals surface area contributed by atoms with E-state index >= 15 is 0 Å². The van der Waals surface area contributed by atoms with Crippen molar-refractivity contribution in [2.24, 2.45) is 0 Å². The van der Waals surface area contributed by atoms with E-state index in [0.717, 1.165) is 72.5 Å². The summed E-state index contributed by atoms with van der Waals surface area (Å²) in [5.74, 6) is 0.957. The molecule has 0 saturated heterocycles. The van der Waals surface area contributed by atoms with E-state index in [1.165, 1.54) is 33.0 Å². The second-order valence-corrected chi connectivity index (χ2v) is 30.6. The van der Waals surface area contributed by atoms with Crippen LogP contribution >= 0.6 is 0 Å². The molecule has 0 unspecified atom stereocenters. The third-order valence-corrected chi connectivity index (χ3v) is 16.7. The second kappa shape index (κ2) is 18.6. The van der Waals surface area contributed by atoms with E-state index in [1.807, 2.05) is 6.20 Å². The number of aromatic hydroxyl groups is 1. The minimum atomic E-state index is -1.41. The summed E-state index contributed by atoms with van der Waals surface area (Å²) in [4.78, 5) is 10.8. The van der Waals surface area contributed by atoms with Gasteiger partial charge in [-0.1, -0.05) is 211 Å². The van der Waals surface area contributed by atoms with Gasteiger partial charge in [-0.2, -0.15) is 0 Å². The number of aromatic nitrogens is 3. The number of aryl methyl sites for hydroxylation is 1. The topological polar surface area (TPSA) is 50.9 Å². The average Bonchev–Trinajstić information content (AvgIpc) is 3.72. The highest BCUT2D eigenvalue weighted by Crippen LogP contribution is 2.46. The van der Waals surface area contributed by atoms with Crippen LogP contribution in [0.25, 0.3) is 83.9 Å². The molecule has 5 heteroatoms. The number of pyridine rings is 1. The van der Waals surface area contributed by atoms with Gasteiger partial charge in [-0.15, -0.1) is 0 Å². The molecule has 9 aromatic rings. The molecule has 0 spiro atoms. The third kappa shape index (κ3) is 10.3. The van der Waals surface area contributed by atoms with Gasteiger partial charge in [0.2, 0.25) is 0 Å². The molecule has 0 fully saturated rings. The lowest BCUT2D eigenvalue weighted by molar-refractivity contribution is 0.446. The van der Waals surface area contributed by atoms with Crippen molar-refractivity contribution < 1.29 is 5.11 Å². The molecule has 73 heavy (non-hydrogen) atoms. The SMILES string of the molecule is Cc1cc([Si](C)(C)C)ccc1-c1ccc(-c2ccnc(-c3cc(-c4cccc5c4nc(-c4cc(C(C)(C)C)cc(C(C)(C)C)c4O)n5-c4ccc(C(C)(C)C)cc4-c4ccccc4)cc(C(C)(C)C)c3)c2)cc1. The lowest BCUT2D eigenvalue weighted by Gasteiger charge is -2.28. The van der Waals surface area contributed by atoms with Crippen LogP contribution in [-0.2, 0) is 21.7 Å². The Morgan fingerprint density at radius 3 is 1.70 bits per heavy atom. The van der Waals surface area contributed by atoms with Crippen LogP contribution in [0, 0.1) is 6.92 Å². The summed E-state index contributed by atoms with van der Waals surface area (Å²) in [7, 11) is -1.41. The Morgan fingerprint density at radius 1 is 0.452 bits per heavy atom. The van der Waals surface area contributed by atoms with Crippen LogP contribution in [-0.4, -0.2) is 27.7 Å². The van der Waals surface area contributed by atoms with Crippen LogP contribution < -0.4 is 5.19 Å². The Labute approximate surface area is 437 Å². The van der Waals surface area contributed by atoms with Gasteiger partial charge in [-0.3, -0.25) is 9.55 Å². The quantitative estimate of drug-likeness (QED) is 0.154. The summed E-state index contributed by atoms with van der Waals surface area (Å²) in [6.07, 6.45) is 1.94. The van der Waals surface area contributed by atoms with E-state index in [2.05, 4.69) is 266 Å². The van der Waals surface area contributed by atoms with E-state index in [0.29, 0.717) is 11.4 Å². The van der Waals surface area contributed by atoms with Gasteiger partial charge >= 0.3 is 0 Å². The number of phenolic OH excluding ortho intramolecular Hbond substituents is 1. The maximum absolute atomic E-state index is 12.6. The molecule has 372 valence electrons. The molecule has 1 N–H and O–H groups in total. The minimum Gasteiger partial charge on any atom is -0.507 e. The molecular weight excluding hydrogens is 903 g/mol. The first-order valence-corrected chi connectivity index (χ1v) is 29.6. The van der Waals surface area contributed by atoms with Gasteiger partial charge < -0.3 is 5.11 Å². The van der Waals surface area contributed by atoms with Crippen LogP contribution in [0.5, 0.6) is 5.75 Å². The molecule has 7 aromatic carbocycles. The first-order valence-electron chi connectivity index (χ1n) is 26.1. The molecule has 0 aliphatic rings. The van der Waals surface area contributed by atoms with Gasteiger partial charge in [-0.25, -0.2) is 4.98 Å². The largest absolute Gasteiger partial charge is 0.507 e. The Kier molecular flexibility index (Phi) is 13.0. The Balaban J connectivity index is 1.25. The number of rotatable bonds is 8. The normalized spacial score (nSPS) is 12.7. The molecule has 0 radical (unpaired) electrons.